The smallest absolute Gasteiger partial charge is 0.255 e. The third kappa shape index (κ3) is 2.85. The van der Waals surface area contributed by atoms with Crippen LogP contribution >= 0.6 is 0 Å². The van der Waals surface area contributed by atoms with Gasteiger partial charge in [-0.3, -0.25) is 4.79 Å². The molecule has 0 aliphatic rings. The number of nitrogen functional groups attached to an aromatic ring is 1. The molecule has 0 radical (unpaired) electrons. The van der Waals surface area contributed by atoms with Gasteiger partial charge in [0.05, 0.1) is 0 Å². The normalized spacial score (nSPS) is 10.2. The fourth-order valence-electron chi connectivity index (χ4n) is 1.80. The fourth-order valence-corrected chi connectivity index (χ4v) is 1.80. The molecule has 0 saturated carbocycles. The van der Waals surface area contributed by atoms with Crippen LogP contribution in [0.5, 0.6) is 5.75 Å². The van der Waals surface area contributed by atoms with Gasteiger partial charge in [0.25, 0.3) is 5.91 Å². The first-order valence-electron chi connectivity index (χ1n) is 5.94. The summed E-state index contributed by atoms with van der Waals surface area (Å²) in [6, 6.07) is 9.97. The van der Waals surface area contributed by atoms with Crippen molar-refractivity contribution in [3.05, 3.63) is 53.1 Å². The Morgan fingerprint density at radius 3 is 2.47 bits per heavy atom. The van der Waals surface area contributed by atoms with E-state index in [1.54, 1.807) is 30.3 Å². The molecule has 0 aliphatic heterocycles. The van der Waals surface area contributed by atoms with Gasteiger partial charge in [-0.05, 0) is 61.4 Å². The Hall–Kier alpha value is -2.49. The highest BCUT2D eigenvalue weighted by atomic mass is 16.3. The Kier molecular flexibility index (Phi) is 3.42. The van der Waals surface area contributed by atoms with Crippen molar-refractivity contribution in [2.24, 2.45) is 0 Å². The zero-order chi connectivity index (χ0) is 14.0. The van der Waals surface area contributed by atoms with Gasteiger partial charge >= 0.3 is 0 Å². The predicted octanol–water partition coefficient (Wildman–Crippen LogP) is 2.84. The molecule has 0 aliphatic carbocycles. The molecule has 98 valence electrons. The minimum atomic E-state index is -0.197. The number of anilines is 2. The molecule has 2 aromatic carbocycles. The van der Waals surface area contributed by atoms with E-state index in [2.05, 4.69) is 5.32 Å². The fraction of sp³-hybridized carbons (Fsp3) is 0.133. The molecule has 2 aromatic rings. The van der Waals surface area contributed by atoms with Crippen LogP contribution in [0.2, 0.25) is 0 Å². The van der Waals surface area contributed by atoms with Crippen LogP contribution in [0.25, 0.3) is 0 Å². The van der Waals surface area contributed by atoms with Gasteiger partial charge in [-0.25, -0.2) is 0 Å². The van der Waals surface area contributed by atoms with E-state index in [0.29, 0.717) is 16.9 Å². The van der Waals surface area contributed by atoms with Crippen LogP contribution in [-0.4, -0.2) is 11.0 Å². The first-order chi connectivity index (χ1) is 8.97. The standard InChI is InChI=1S/C15H16N2O2/c1-9-7-11(3-5-13(9)16)15(19)17-14-6-4-12(18)8-10(14)2/h3-8,18H,16H2,1-2H3,(H,17,19). The van der Waals surface area contributed by atoms with Gasteiger partial charge in [-0.1, -0.05) is 0 Å². The van der Waals surface area contributed by atoms with Crippen molar-refractivity contribution < 1.29 is 9.90 Å². The quantitative estimate of drug-likeness (QED) is 0.571. The van der Waals surface area contributed by atoms with Gasteiger partial charge in [0.2, 0.25) is 0 Å². The number of carbonyl (C=O) groups excluding carboxylic acids is 1. The molecule has 0 aromatic heterocycles. The molecule has 0 unspecified atom stereocenters. The summed E-state index contributed by atoms with van der Waals surface area (Å²) in [6.45, 7) is 3.68. The second-order valence-corrected chi connectivity index (χ2v) is 4.52. The summed E-state index contributed by atoms with van der Waals surface area (Å²) >= 11 is 0. The zero-order valence-electron chi connectivity index (χ0n) is 10.9. The van der Waals surface area contributed by atoms with Gasteiger partial charge in [-0.15, -0.1) is 0 Å². The molecule has 1 amide bonds. The molecule has 4 N–H and O–H groups in total. The molecule has 4 heteroatoms. The molecule has 2 rings (SSSR count). The van der Waals surface area contributed by atoms with Crippen LogP contribution in [0.3, 0.4) is 0 Å². The SMILES string of the molecule is Cc1cc(C(=O)Nc2ccc(O)cc2C)ccc1N. The van der Waals surface area contributed by atoms with E-state index in [9.17, 15) is 9.90 Å². The van der Waals surface area contributed by atoms with E-state index in [4.69, 9.17) is 5.73 Å². The van der Waals surface area contributed by atoms with Crippen molar-refractivity contribution in [2.75, 3.05) is 11.1 Å². The van der Waals surface area contributed by atoms with Crippen molar-refractivity contribution in [3.8, 4) is 5.75 Å². The third-order valence-electron chi connectivity index (χ3n) is 2.99. The number of aromatic hydroxyl groups is 1. The summed E-state index contributed by atoms with van der Waals surface area (Å²) in [7, 11) is 0. The van der Waals surface area contributed by atoms with Crippen LogP contribution in [0.4, 0.5) is 11.4 Å². The maximum Gasteiger partial charge on any atom is 0.255 e. The molecule has 0 fully saturated rings. The van der Waals surface area contributed by atoms with E-state index in [0.717, 1.165) is 11.1 Å². The monoisotopic (exact) mass is 256 g/mol. The Morgan fingerprint density at radius 2 is 1.84 bits per heavy atom. The average Bonchev–Trinajstić information content (AvgIpc) is 2.36. The molecular formula is C15H16N2O2. The van der Waals surface area contributed by atoms with Crippen LogP contribution in [0, 0.1) is 13.8 Å². The highest BCUT2D eigenvalue weighted by Gasteiger charge is 2.09. The number of hydrogen-bond donors (Lipinski definition) is 3. The van der Waals surface area contributed by atoms with Gasteiger partial charge in [0, 0.05) is 16.9 Å². The summed E-state index contributed by atoms with van der Waals surface area (Å²) in [6.07, 6.45) is 0. The maximum atomic E-state index is 12.1. The number of aryl methyl sites for hydroxylation is 2. The average molecular weight is 256 g/mol. The molecule has 0 atom stereocenters. The lowest BCUT2D eigenvalue weighted by molar-refractivity contribution is 0.102. The number of nitrogens with one attached hydrogen (secondary N) is 1. The maximum absolute atomic E-state index is 12.1. The third-order valence-corrected chi connectivity index (χ3v) is 2.99. The highest BCUT2D eigenvalue weighted by Crippen LogP contribution is 2.21. The minimum Gasteiger partial charge on any atom is -0.508 e. The van der Waals surface area contributed by atoms with E-state index in [-0.39, 0.29) is 11.7 Å². The van der Waals surface area contributed by atoms with Crippen molar-refractivity contribution in [1.82, 2.24) is 0 Å². The lowest BCUT2D eigenvalue weighted by Gasteiger charge is -2.09. The van der Waals surface area contributed by atoms with Crippen LogP contribution in [0.1, 0.15) is 21.5 Å². The Balaban J connectivity index is 2.23. The summed E-state index contributed by atoms with van der Waals surface area (Å²) in [5, 5.41) is 12.1. The number of phenolic OH excluding ortho intramolecular Hbond substituents is 1. The highest BCUT2D eigenvalue weighted by molar-refractivity contribution is 6.05. The molecule has 4 nitrogen and oxygen atoms in total. The van der Waals surface area contributed by atoms with E-state index in [1.165, 1.54) is 6.07 Å². The topological polar surface area (TPSA) is 75.3 Å². The Labute approximate surface area is 111 Å². The van der Waals surface area contributed by atoms with E-state index >= 15 is 0 Å². The molecule has 0 saturated heterocycles. The van der Waals surface area contributed by atoms with Gasteiger partial charge in [0.15, 0.2) is 0 Å². The first kappa shape index (κ1) is 13.0. The number of amides is 1. The largest absolute Gasteiger partial charge is 0.508 e. The van der Waals surface area contributed by atoms with Crippen molar-refractivity contribution >= 4 is 17.3 Å². The van der Waals surface area contributed by atoms with Gasteiger partial charge in [-0.2, -0.15) is 0 Å². The lowest BCUT2D eigenvalue weighted by atomic mass is 10.1. The minimum absolute atomic E-state index is 0.179. The van der Waals surface area contributed by atoms with Crippen LogP contribution in [-0.2, 0) is 0 Å². The van der Waals surface area contributed by atoms with E-state index in [1.807, 2.05) is 13.8 Å². The Bertz CT molecular complexity index is 636. The molecule has 19 heavy (non-hydrogen) atoms. The van der Waals surface area contributed by atoms with Gasteiger partial charge < -0.3 is 16.2 Å². The molecule has 0 bridgehead atoms. The summed E-state index contributed by atoms with van der Waals surface area (Å²) < 4.78 is 0. The lowest BCUT2D eigenvalue weighted by Crippen LogP contribution is -2.13. The second-order valence-electron chi connectivity index (χ2n) is 4.52. The molecule has 0 spiro atoms. The number of rotatable bonds is 2. The second kappa shape index (κ2) is 5.02. The predicted molar refractivity (Wildman–Crippen MR) is 76.4 cm³/mol. The zero-order valence-corrected chi connectivity index (χ0v) is 10.9. The van der Waals surface area contributed by atoms with Crippen molar-refractivity contribution in [1.29, 1.82) is 0 Å². The summed E-state index contributed by atoms with van der Waals surface area (Å²) in [4.78, 5) is 12.1. The van der Waals surface area contributed by atoms with E-state index < -0.39 is 0 Å². The van der Waals surface area contributed by atoms with Crippen LogP contribution in [0.15, 0.2) is 36.4 Å². The van der Waals surface area contributed by atoms with Crippen molar-refractivity contribution in [3.63, 3.8) is 0 Å². The van der Waals surface area contributed by atoms with Crippen LogP contribution < -0.4 is 11.1 Å². The number of carbonyl (C=O) groups is 1. The number of benzene rings is 2. The number of phenols is 1. The Morgan fingerprint density at radius 1 is 1.11 bits per heavy atom. The summed E-state index contributed by atoms with van der Waals surface area (Å²) in [5.74, 6) is -0.0179. The summed E-state index contributed by atoms with van der Waals surface area (Å²) in [5.41, 5.74) is 9.30. The van der Waals surface area contributed by atoms with Crippen molar-refractivity contribution in [2.45, 2.75) is 13.8 Å². The number of hydrogen-bond acceptors (Lipinski definition) is 3. The molecular weight excluding hydrogens is 240 g/mol. The first-order valence-corrected chi connectivity index (χ1v) is 5.94. The van der Waals surface area contributed by atoms with Gasteiger partial charge in [0.1, 0.15) is 5.75 Å². The molecule has 0 heterocycles. The number of nitrogens with two attached hydrogens (primary N) is 1.